The van der Waals surface area contributed by atoms with Gasteiger partial charge in [0, 0.05) is 17.1 Å². The van der Waals surface area contributed by atoms with Crippen LogP contribution in [0.15, 0.2) is 48.5 Å². The van der Waals surface area contributed by atoms with E-state index in [1.54, 1.807) is 24.3 Å². The second kappa shape index (κ2) is 16.5. The zero-order valence-corrected chi connectivity index (χ0v) is 19.8. The Bertz CT molecular complexity index is 851. The standard InChI is InChI=1S/2C12H14O4.Mn/c2*1-2-3-8-16-12(15)10-7-5-4-6-9(10)11(13)14;/h2*4-7H,2-3,8H2,1H3,(H,13,14);. The third-order valence-corrected chi connectivity index (χ3v) is 4.22. The fourth-order valence-corrected chi connectivity index (χ4v) is 2.47. The van der Waals surface area contributed by atoms with Gasteiger partial charge in [-0.25, -0.2) is 19.2 Å². The number of hydrogen-bond donors (Lipinski definition) is 2. The zero-order valence-electron chi connectivity index (χ0n) is 18.6. The predicted octanol–water partition coefficient (Wildman–Crippen LogP) is 4.68. The number of ether oxygens (including phenoxy) is 2. The maximum Gasteiger partial charge on any atom is 0.339 e. The molecular formula is C24H28MnO8. The number of unbranched alkanes of at least 4 members (excludes halogenated alkanes) is 2. The molecule has 0 saturated heterocycles. The number of hydrogen-bond acceptors (Lipinski definition) is 6. The van der Waals surface area contributed by atoms with Crippen molar-refractivity contribution in [1.82, 2.24) is 0 Å². The molecule has 0 heterocycles. The average Bonchev–Trinajstić information content (AvgIpc) is 2.79. The molecule has 0 aliphatic carbocycles. The van der Waals surface area contributed by atoms with E-state index >= 15 is 0 Å². The summed E-state index contributed by atoms with van der Waals surface area (Å²) in [7, 11) is 0. The summed E-state index contributed by atoms with van der Waals surface area (Å²) in [6.07, 6.45) is 3.41. The summed E-state index contributed by atoms with van der Waals surface area (Å²) in [4.78, 5) is 44.8. The van der Waals surface area contributed by atoms with Crippen LogP contribution in [0.5, 0.6) is 0 Å². The van der Waals surface area contributed by atoms with Crippen LogP contribution in [-0.2, 0) is 26.5 Å². The van der Waals surface area contributed by atoms with E-state index in [-0.39, 0.29) is 39.3 Å². The van der Waals surface area contributed by atoms with Gasteiger partial charge in [-0.3, -0.25) is 0 Å². The summed E-state index contributed by atoms with van der Waals surface area (Å²) in [5.41, 5.74) is 0.158. The van der Waals surface area contributed by atoms with Crippen molar-refractivity contribution in [2.75, 3.05) is 13.2 Å². The Kier molecular flexibility index (Phi) is 14.9. The average molecular weight is 499 g/mol. The van der Waals surface area contributed by atoms with Crippen molar-refractivity contribution in [1.29, 1.82) is 0 Å². The third-order valence-electron chi connectivity index (χ3n) is 4.22. The Balaban J connectivity index is 0.000000602. The van der Waals surface area contributed by atoms with E-state index in [1.807, 2.05) is 13.8 Å². The van der Waals surface area contributed by atoms with Crippen molar-refractivity contribution in [3.05, 3.63) is 70.8 Å². The molecule has 0 amide bonds. The van der Waals surface area contributed by atoms with E-state index in [9.17, 15) is 19.2 Å². The summed E-state index contributed by atoms with van der Waals surface area (Å²) in [5, 5.41) is 17.8. The summed E-state index contributed by atoms with van der Waals surface area (Å²) in [6.45, 7) is 4.62. The molecule has 0 aliphatic heterocycles. The molecule has 0 unspecified atom stereocenters. The van der Waals surface area contributed by atoms with Gasteiger partial charge in [0.1, 0.15) is 0 Å². The van der Waals surface area contributed by atoms with Crippen LogP contribution in [0, 0.1) is 0 Å². The second-order valence-electron chi connectivity index (χ2n) is 6.68. The Hall–Kier alpha value is -3.16. The van der Waals surface area contributed by atoms with Crippen molar-refractivity contribution >= 4 is 23.9 Å². The molecule has 0 fully saturated rings. The number of carboxylic acid groups (broad SMARTS) is 2. The van der Waals surface area contributed by atoms with Crippen LogP contribution in [0.25, 0.3) is 0 Å². The fourth-order valence-electron chi connectivity index (χ4n) is 2.47. The smallest absolute Gasteiger partial charge is 0.339 e. The van der Waals surface area contributed by atoms with Gasteiger partial charge in [0.05, 0.1) is 35.5 Å². The van der Waals surface area contributed by atoms with Crippen LogP contribution >= 0.6 is 0 Å². The number of carbonyl (C=O) groups is 4. The van der Waals surface area contributed by atoms with E-state index in [2.05, 4.69) is 0 Å². The Morgan fingerprint density at radius 2 is 0.939 bits per heavy atom. The van der Waals surface area contributed by atoms with Crippen molar-refractivity contribution in [2.24, 2.45) is 0 Å². The van der Waals surface area contributed by atoms with Crippen LogP contribution in [0.3, 0.4) is 0 Å². The summed E-state index contributed by atoms with van der Waals surface area (Å²) < 4.78 is 9.91. The Morgan fingerprint density at radius 3 is 1.21 bits per heavy atom. The first-order valence-electron chi connectivity index (χ1n) is 10.3. The molecule has 33 heavy (non-hydrogen) atoms. The molecular weight excluding hydrogens is 471 g/mol. The van der Waals surface area contributed by atoms with Crippen molar-refractivity contribution in [3.8, 4) is 0 Å². The molecule has 0 saturated carbocycles. The van der Waals surface area contributed by atoms with Gasteiger partial charge in [-0.15, -0.1) is 0 Å². The SMILES string of the molecule is CCCCOC(=O)c1ccccc1C(=O)O.CCCCOC(=O)c1ccccc1C(=O)O.[Mn]. The van der Waals surface area contributed by atoms with Crippen LogP contribution in [0.4, 0.5) is 0 Å². The van der Waals surface area contributed by atoms with Crippen LogP contribution in [-0.4, -0.2) is 47.3 Å². The topological polar surface area (TPSA) is 127 Å². The third kappa shape index (κ3) is 10.3. The van der Waals surface area contributed by atoms with E-state index in [0.29, 0.717) is 13.2 Å². The Labute approximate surface area is 203 Å². The van der Waals surface area contributed by atoms with Crippen molar-refractivity contribution in [3.63, 3.8) is 0 Å². The quantitative estimate of drug-likeness (QED) is 0.274. The van der Waals surface area contributed by atoms with Gasteiger partial charge >= 0.3 is 23.9 Å². The molecule has 0 bridgehead atoms. The van der Waals surface area contributed by atoms with Gasteiger partial charge in [-0.05, 0) is 37.1 Å². The van der Waals surface area contributed by atoms with Gasteiger partial charge in [0.2, 0.25) is 0 Å². The van der Waals surface area contributed by atoms with E-state index in [4.69, 9.17) is 19.7 Å². The fraction of sp³-hybridized carbons (Fsp3) is 0.333. The van der Waals surface area contributed by atoms with E-state index in [0.717, 1.165) is 25.7 Å². The van der Waals surface area contributed by atoms with Gasteiger partial charge < -0.3 is 19.7 Å². The molecule has 2 rings (SSSR count). The second-order valence-corrected chi connectivity index (χ2v) is 6.68. The normalized spacial score (nSPS) is 9.52. The van der Waals surface area contributed by atoms with Crippen molar-refractivity contribution in [2.45, 2.75) is 39.5 Å². The number of aromatic carboxylic acids is 2. The molecule has 2 aromatic rings. The minimum absolute atomic E-state index is 0. The summed E-state index contributed by atoms with van der Waals surface area (Å²) >= 11 is 0. The van der Waals surface area contributed by atoms with Gasteiger partial charge in [0.15, 0.2) is 0 Å². The van der Waals surface area contributed by atoms with Crippen LogP contribution in [0.1, 0.15) is 81.0 Å². The molecule has 0 spiro atoms. The molecule has 0 atom stereocenters. The number of benzene rings is 2. The number of rotatable bonds is 10. The molecule has 2 aromatic carbocycles. The molecule has 8 nitrogen and oxygen atoms in total. The molecule has 0 aromatic heterocycles. The molecule has 9 heteroatoms. The first kappa shape index (κ1) is 29.8. The monoisotopic (exact) mass is 499 g/mol. The van der Waals surface area contributed by atoms with E-state index < -0.39 is 23.9 Å². The van der Waals surface area contributed by atoms with Crippen LogP contribution in [0.2, 0.25) is 0 Å². The molecule has 1 radical (unpaired) electrons. The minimum atomic E-state index is -1.12. The predicted molar refractivity (Wildman–Crippen MR) is 117 cm³/mol. The largest absolute Gasteiger partial charge is 0.478 e. The first-order chi connectivity index (χ1) is 15.3. The number of esters is 2. The van der Waals surface area contributed by atoms with E-state index in [1.165, 1.54) is 24.3 Å². The summed E-state index contributed by atoms with van der Waals surface area (Å²) in [6, 6.07) is 12.1. The molecule has 179 valence electrons. The first-order valence-corrected chi connectivity index (χ1v) is 10.3. The number of carbonyl (C=O) groups excluding carboxylic acids is 2. The summed E-state index contributed by atoms with van der Waals surface area (Å²) in [5.74, 6) is -3.40. The van der Waals surface area contributed by atoms with Crippen molar-refractivity contribution < 1.29 is 55.9 Å². The maximum absolute atomic E-state index is 11.6. The van der Waals surface area contributed by atoms with Gasteiger partial charge in [0.25, 0.3) is 0 Å². The molecule has 0 aliphatic rings. The number of carboxylic acids is 2. The maximum atomic E-state index is 11.6. The van der Waals surface area contributed by atoms with Gasteiger partial charge in [-0.1, -0.05) is 51.0 Å². The minimum Gasteiger partial charge on any atom is -0.478 e. The van der Waals surface area contributed by atoms with Gasteiger partial charge in [-0.2, -0.15) is 0 Å². The van der Waals surface area contributed by atoms with Crippen LogP contribution < -0.4 is 0 Å². The Morgan fingerprint density at radius 1 is 0.636 bits per heavy atom. The zero-order chi connectivity index (χ0) is 23.9. The molecule has 2 N–H and O–H groups in total.